The lowest BCUT2D eigenvalue weighted by Gasteiger charge is -2.19. The van der Waals surface area contributed by atoms with Crippen LogP contribution in [-0.4, -0.2) is 51.0 Å². The summed E-state index contributed by atoms with van der Waals surface area (Å²) in [4.78, 5) is 17.4. The minimum atomic E-state index is 0. The van der Waals surface area contributed by atoms with Crippen molar-refractivity contribution in [2.45, 2.75) is 24.7 Å². The number of amides is 1. The van der Waals surface area contributed by atoms with Crippen molar-refractivity contribution in [2.24, 2.45) is 4.99 Å². The van der Waals surface area contributed by atoms with E-state index >= 15 is 0 Å². The Bertz CT molecular complexity index is 588. The Morgan fingerprint density at radius 1 is 1.33 bits per heavy atom. The van der Waals surface area contributed by atoms with E-state index in [1.54, 1.807) is 26.0 Å². The molecular formula is C17H26ClIN4O. The third-order valence-electron chi connectivity index (χ3n) is 4.24. The molecule has 1 aliphatic rings. The van der Waals surface area contributed by atoms with Crippen molar-refractivity contribution in [3.8, 4) is 0 Å². The van der Waals surface area contributed by atoms with E-state index in [-0.39, 0.29) is 35.3 Å². The number of guanidine groups is 1. The van der Waals surface area contributed by atoms with Gasteiger partial charge >= 0.3 is 0 Å². The summed E-state index contributed by atoms with van der Waals surface area (Å²) >= 11 is 6.10. The molecular weight excluding hydrogens is 439 g/mol. The molecule has 0 radical (unpaired) electrons. The molecule has 1 aliphatic carbocycles. The van der Waals surface area contributed by atoms with Gasteiger partial charge in [0, 0.05) is 51.1 Å². The lowest BCUT2D eigenvalue weighted by atomic mass is 9.96. The van der Waals surface area contributed by atoms with E-state index in [2.05, 4.69) is 21.7 Å². The van der Waals surface area contributed by atoms with Crippen LogP contribution in [0.1, 0.15) is 24.8 Å². The molecule has 24 heavy (non-hydrogen) atoms. The van der Waals surface area contributed by atoms with Gasteiger partial charge in [-0.05, 0) is 30.5 Å². The predicted molar refractivity (Wildman–Crippen MR) is 110 cm³/mol. The van der Waals surface area contributed by atoms with Gasteiger partial charge in [0.2, 0.25) is 5.91 Å². The maximum absolute atomic E-state index is 11.6. The average Bonchev–Trinajstić information content (AvgIpc) is 3.31. The lowest BCUT2D eigenvalue weighted by molar-refractivity contribution is -0.128. The Hall–Kier alpha value is -1.02. The Labute approximate surface area is 166 Å². The summed E-state index contributed by atoms with van der Waals surface area (Å²) in [6, 6.07) is 8.07. The maximum Gasteiger partial charge on any atom is 0.223 e. The monoisotopic (exact) mass is 464 g/mol. The lowest BCUT2D eigenvalue weighted by Crippen LogP contribution is -2.42. The van der Waals surface area contributed by atoms with E-state index in [9.17, 15) is 4.79 Å². The zero-order valence-corrected chi connectivity index (χ0v) is 17.5. The van der Waals surface area contributed by atoms with Crippen LogP contribution in [0.15, 0.2) is 29.3 Å². The summed E-state index contributed by atoms with van der Waals surface area (Å²) in [6.45, 7) is 1.38. The molecule has 0 unspecified atom stereocenters. The van der Waals surface area contributed by atoms with Crippen LogP contribution in [0.3, 0.4) is 0 Å². The normalized spacial score (nSPS) is 15.2. The van der Waals surface area contributed by atoms with E-state index < -0.39 is 0 Å². The molecule has 2 rings (SSSR count). The second-order valence-electron chi connectivity index (χ2n) is 6.18. The standard InChI is InChI=1S/C17H25ClN4O.HI/c1-19-16(20-10-7-15(23)22(2)3)21-12-17(8-9-17)13-5-4-6-14(18)11-13;/h4-6,11H,7-10,12H2,1-3H3,(H2,19,20,21);1H. The van der Waals surface area contributed by atoms with E-state index in [1.807, 2.05) is 18.2 Å². The molecule has 0 atom stereocenters. The van der Waals surface area contributed by atoms with Gasteiger partial charge in [0.1, 0.15) is 0 Å². The number of rotatable bonds is 6. The Balaban J connectivity index is 0.00000288. The first-order chi connectivity index (χ1) is 11.0. The van der Waals surface area contributed by atoms with Gasteiger partial charge in [-0.2, -0.15) is 0 Å². The van der Waals surface area contributed by atoms with Crippen molar-refractivity contribution in [3.05, 3.63) is 34.9 Å². The number of hydrogen-bond donors (Lipinski definition) is 2. The molecule has 0 heterocycles. The quantitative estimate of drug-likeness (QED) is 0.387. The molecule has 0 aliphatic heterocycles. The molecule has 0 aromatic heterocycles. The minimum Gasteiger partial charge on any atom is -0.356 e. The highest BCUT2D eigenvalue weighted by atomic mass is 127. The van der Waals surface area contributed by atoms with Crippen LogP contribution in [-0.2, 0) is 10.2 Å². The SMILES string of the molecule is CN=C(NCCC(=O)N(C)C)NCC1(c2cccc(Cl)c2)CC1.I. The van der Waals surface area contributed by atoms with Gasteiger partial charge in [0.05, 0.1) is 0 Å². The van der Waals surface area contributed by atoms with E-state index in [1.165, 1.54) is 5.56 Å². The molecule has 1 aromatic rings. The van der Waals surface area contributed by atoms with Gasteiger partial charge < -0.3 is 15.5 Å². The highest BCUT2D eigenvalue weighted by molar-refractivity contribution is 14.0. The molecule has 7 heteroatoms. The fourth-order valence-corrected chi connectivity index (χ4v) is 2.71. The predicted octanol–water partition coefficient (Wildman–Crippen LogP) is 2.63. The zero-order valence-electron chi connectivity index (χ0n) is 14.4. The second kappa shape index (κ2) is 9.46. The van der Waals surface area contributed by atoms with Crippen LogP contribution in [0, 0.1) is 0 Å². The summed E-state index contributed by atoms with van der Waals surface area (Å²) in [5.41, 5.74) is 1.43. The van der Waals surface area contributed by atoms with E-state index in [0.717, 1.165) is 30.4 Å². The number of nitrogens with zero attached hydrogens (tertiary/aromatic N) is 2. The van der Waals surface area contributed by atoms with Crippen LogP contribution < -0.4 is 10.6 Å². The van der Waals surface area contributed by atoms with Crippen molar-refractivity contribution in [2.75, 3.05) is 34.2 Å². The molecule has 1 fully saturated rings. The van der Waals surface area contributed by atoms with Crippen molar-refractivity contribution < 1.29 is 4.79 Å². The molecule has 134 valence electrons. The van der Waals surface area contributed by atoms with Crippen molar-refractivity contribution in [3.63, 3.8) is 0 Å². The molecule has 1 aromatic carbocycles. The number of aliphatic imine (C=N–C) groups is 1. The highest BCUT2D eigenvalue weighted by Gasteiger charge is 2.44. The van der Waals surface area contributed by atoms with Crippen LogP contribution in [0.5, 0.6) is 0 Å². The first kappa shape index (κ1) is 21.0. The Morgan fingerprint density at radius 2 is 2.04 bits per heavy atom. The van der Waals surface area contributed by atoms with Crippen LogP contribution >= 0.6 is 35.6 Å². The second-order valence-corrected chi connectivity index (χ2v) is 6.62. The summed E-state index contributed by atoms with van der Waals surface area (Å²) in [6.07, 6.45) is 2.75. The fourth-order valence-electron chi connectivity index (χ4n) is 2.52. The largest absolute Gasteiger partial charge is 0.356 e. The summed E-state index contributed by atoms with van der Waals surface area (Å²) in [5, 5.41) is 7.32. The zero-order chi connectivity index (χ0) is 16.9. The number of hydrogen-bond acceptors (Lipinski definition) is 2. The average molecular weight is 465 g/mol. The van der Waals surface area contributed by atoms with Gasteiger partial charge in [-0.3, -0.25) is 9.79 Å². The number of benzene rings is 1. The molecule has 1 saturated carbocycles. The van der Waals surface area contributed by atoms with Gasteiger partial charge in [-0.15, -0.1) is 24.0 Å². The maximum atomic E-state index is 11.6. The van der Waals surface area contributed by atoms with Gasteiger partial charge in [-0.1, -0.05) is 23.7 Å². The number of carbonyl (C=O) groups is 1. The molecule has 5 nitrogen and oxygen atoms in total. The summed E-state index contributed by atoms with van der Waals surface area (Å²) in [7, 11) is 5.26. The molecule has 0 saturated heterocycles. The smallest absolute Gasteiger partial charge is 0.223 e. The number of carbonyl (C=O) groups excluding carboxylic acids is 1. The molecule has 1 amide bonds. The number of nitrogens with one attached hydrogen (secondary N) is 2. The Kier molecular flexibility index (Phi) is 8.29. The van der Waals surface area contributed by atoms with Crippen molar-refractivity contribution in [1.29, 1.82) is 0 Å². The van der Waals surface area contributed by atoms with E-state index in [0.29, 0.717) is 13.0 Å². The van der Waals surface area contributed by atoms with Gasteiger partial charge in [0.25, 0.3) is 0 Å². The van der Waals surface area contributed by atoms with Crippen LogP contribution in [0.2, 0.25) is 5.02 Å². The number of halogens is 2. The Morgan fingerprint density at radius 3 is 2.58 bits per heavy atom. The van der Waals surface area contributed by atoms with Crippen LogP contribution in [0.4, 0.5) is 0 Å². The fraction of sp³-hybridized carbons (Fsp3) is 0.529. The molecule has 2 N–H and O–H groups in total. The minimum absolute atomic E-state index is 0. The molecule has 0 spiro atoms. The first-order valence-electron chi connectivity index (χ1n) is 7.87. The third kappa shape index (κ3) is 5.81. The van der Waals surface area contributed by atoms with E-state index in [4.69, 9.17) is 11.6 Å². The van der Waals surface area contributed by atoms with Gasteiger partial charge in [0.15, 0.2) is 5.96 Å². The first-order valence-corrected chi connectivity index (χ1v) is 8.25. The summed E-state index contributed by atoms with van der Waals surface area (Å²) in [5.74, 6) is 0.829. The third-order valence-corrected chi connectivity index (χ3v) is 4.47. The summed E-state index contributed by atoms with van der Waals surface area (Å²) < 4.78 is 0. The van der Waals surface area contributed by atoms with Crippen molar-refractivity contribution >= 4 is 47.4 Å². The highest BCUT2D eigenvalue weighted by Crippen LogP contribution is 2.48. The molecule has 0 bridgehead atoms. The van der Waals surface area contributed by atoms with Crippen molar-refractivity contribution in [1.82, 2.24) is 15.5 Å². The van der Waals surface area contributed by atoms with Gasteiger partial charge in [-0.25, -0.2) is 0 Å². The topological polar surface area (TPSA) is 56.7 Å². The van der Waals surface area contributed by atoms with Crippen LogP contribution in [0.25, 0.3) is 0 Å².